The average Bonchev–Trinajstić information content (AvgIpc) is 3.32. The highest BCUT2D eigenvalue weighted by Crippen LogP contribution is 2.71. The van der Waals surface area contributed by atoms with Crippen molar-refractivity contribution in [2.24, 2.45) is 34.5 Å². The summed E-state index contributed by atoms with van der Waals surface area (Å²) >= 11 is 0. The molecule has 2 bridgehead atoms. The Morgan fingerprint density at radius 2 is 1.86 bits per heavy atom. The zero-order valence-corrected chi connectivity index (χ0v) is 20.8. The molecule has 0 radical (unpaired) electrons. The fourth-order valence-electron chi connectivity index (χ4n) is 7.50. The summed E-state index contributed by atoms with van der Waals surface area (Å²) in [4.78, 5) is 27.4. The third-order valence-electron chi connectivity index (χ3n) is 9.45. The van der Waals surface area contributed by atoms with Crippen LogP contribution in [0.1, 0.15) is 44.5 Å². The molecule has 5 rings (SSSR count). The molecule has 7 nitrogen and oxygen atoms in total. The lowest BCUT2D eigenvalue weighted by molar-refractivity contribution is -0.190. The van der Waals surface area contributed by atoms with Gasteiger partial charge in [-0.25, -0.2) is 4.79 Å². The topological polar surface area (TPSA) is 113 Å². The molecule has 7 unspecified atom stereocenters. The summed E-state index contributed by atoms with van der Waals surface area (Å²) < 4.78 is 11.0. The molecule has 2 saturated carbocycles. The third kappa shape index (κ3) is 3.01. The molecule has 0 saturated heterocycles. The van der Waals surface area contributed by atoms with Crippen molar-refractivity contribution in [3.8, 4) is 5.75 Å². The minimum Gasteiger partial charge on any atom is -0.497 e. The predicted octanol–water partition coefficient (Wildman–Crippen LogP) is 2.69. The first kappa shape index (κ1) is 24.2. The van der Waals surface area contributed by atoms with E-state index < -0.39 is 41.7 Å². The van der Waals surface area contributed by atoms with Gasteiger partial charge in [-0.05, 0) is 71.9 Å². The monoisotopic (exact) mass is 482 g/mol. The van der Waals surface area contributed by atoms with Crippen molar-refractivity contribution in [2.45, 2.75) is 51.9 Å². The van der Waals surface area contributed by atoms with Crippen LogP contribution in [0.25, 0.3) is 0 Å². The molecule has 0 aromatic heterocycles. The van der Waals surface area contributed by atoms with Crippen molar-refractivity contribution >= 4 is 11.8 Å². The van der Waals surface area contributed by atoms with E-state index in [9.17, 15) is 24.9 Å². The molecule has 2 fully saturated rings. The van der Waals surface area contributed by atoms with E-state index in [0.717, 1.165) is 0 Å². The molecular weight excluding hydrogens is 448 g/mol. The lowest BCUT2D eigenvalue weighted by atomic mass is 9.59. The van der Waals surface area contributed by atoms with E-state index in [-0.39, 0.29) is 40.1 Å². The van der Waals surface area contributed by atoms with Gasteiger partial charge in [0.2, 0.25) is 0 Å². The highest BCUT2D eigenvalue weighted by molar-refractivity contribution is 5.96. The zero-order valence-electron chi connectivity index (χ0n) is 20.8. The van der Waals surface area contributed by atoms with E-state index in [4.69, 9.17) is 9.47 Å². The van der Waals surface area contributed by atoms with Crippen LogP contribution < -0.4 is 4.74 Å². The van der Waals surface area contributed by atoms with Crippen molar-refractivity contribution in [1.29, 1.82) is 0 Å². The third-order valence-corrected chi connectivity index (χ3v) is 9.45. The lowest BCUT2D eigenvalue weighted by Crippen LogP contribution is -2.65. The molecule has 4 aliphatic carbocycles. The Hall–Kier alpha value is -2.48. The molecule has 1 aromatic carbocycles. The Balaban J connectivity index is 1.60. The second kappa shape index (κ2) is 7.76. The number of hydrogen-bond acceptors (Lipinski definition) is 7. The predicted molar refractivity (Wildman–Crippen MR) is 128 cm³/mol. The normalized spacial score (nSPS) is 41.0. The number of ether oxygens (including phenoxy) is 2. The van der Waals surface area contributed by atoms with Crippen molar-refractivity contribution in [3.05, 3.63) is 53.1 Å². The van der Waals surface area contributed by atoms with E-state index in [1.807, 2.05) is 6.92 Å². The number of Topliss-reactive ketones (excluding diaryl/α,β-unsaturated/α-hetero) is 1. The minimum absolute atomic E-state index is 0.0434. The van der Waals surface area contributed by atoms with Gasteiger partial charge in [-0.3, -0.25) is 4.79 Å². The first-order valence-corrected chi connectivity index (χ1v) is 12.3. The van der Waals surface area contributed by atoms with Crippen LogP contribution in [0.4, 0.5) is 0 Å². The molecule has 4 aliphatic rings. The van der Waals surface area contributed by atoms with Gasteiger partial charge in [-0.1, -0.05) is 32.9 Å². The maximum Gasteiger partial charge on any atom is 0.338 e. The van der Waals surface area contributed by atoms with Crippen LogP contribution in [0.5, 0.6) is 5.75 Å². The largest absolute Gasteiger partial charge is 0.497 e. The molecular formula is C28H34O7. The van der Waals surface area contributed by atoms with E-state index in [0.29, 0.717) is 17.7 Å². The van der Waals surface area contributed by atoms with Crippen LogP contribution in [0.2, 0.25) is 0 Å². The van der Waals surface area contributed by atoms with Crippen LogP contribution in [-0.2, 0) is 9.53 Å². The fourth-order valence-corrected chi connectivity index (χ4v) is 7.50. The first-order chi connectivity index (χ1) is 16.4. The number of aliphatic hydroxyl groups excluding tert-OH is 2. The Morgan fingerprint density at radius 1 is 1.20 bits per heavy atom. The molecule has 188 valence electrons. The van der Waals surface area contributed by atoms with Crippen molar-refractivity contribution in [2.75, 3.05) is 13.7 Å². The SMILES string of the molecule is COc1ccc(C(=O)OC2C(C)=CC34C(=O)C(C=C(CO)C(O)C23O)C2C(C[C@H]4C)C2(C)C)cc1. The first-order valence-electron chi connectivity index (χ1n) is 12.3. The second-order valence-corrected chi connectivity index (χ2v) is 11.4. The average molecular weight is 483 g/mol. The van der Waals surface area contributed by atoms with Gasteiger partial charge in [0, 0.05) is 5.92 Å². The number of fused-ring (bicyclic) bond motifs is 3. The van der Waals surface area contributed by atoms with Crippen LogP contribution in [-0.4, -0.2) is 58.6 Å². The smallest absolute Gasteiger partial charge is 0.338 e. The summed E-state index contributed by atoms with van der Waals surface area (Å²) in [5.41, 5.74) is -2.66. The molecule has 8 atom stereocenters. The van der Waals surface area contributed by atoms with Gasteiger partial charge in [-0.15, -0.1) is 0 Å². The van der Waals surface area contributed by atoms with Crippen LogP contribution in [0.3, 0.4) is 0 Å². The Kier molecular flexibility index (Phi) is 5.37. The molecule has 0 amide bonds. The number of methoxy groups -OCH3 is 1. The highest BCUT2D eigenvalue weighted by atomic mass is 16.6. The van der Waals surface area contributed by atoms with Gasteiger partial charge in [0.25, 0.3) is 0 Å². The number of benzene rings is 1. The maximum atomic E-state index is 14.3. The molecule has 1 aromatic rings. The van der Waals surface area contributed by atoms with Gasteiger partial charge in [0.05, 0.1) is 24.7 Å². The van der Waals surface area contributed by atoms with E-state index in [2.05, 4.69) is 13.8 Å². The van der Waals surface area contributed by atoms with Crippen LogP contribution >= 0.6 is 0 Å². The Labute approximate surface area is 205 Å². The number of aliphatic hydroxyl groups is 3. The molecule has 1 spiro atoms. The van der Waals surface area contributed by atoms with Crippen molar-refractivity contribution in [3.63, 3.8) is 0 Å². The molecule has 7 heteroatoms. The Morgan fingerprint density at radius 3 is 2.46 bits per heavy atom. The molecule has 3 N–H and O–H groups in total. The Bertz CT molecular complexity index is 1130. The highest BCUT2D eigenvalue weighted by Gasteiger charge is 2.76. The summed E-state index contributed by atoms with van der Waals surface area (Å²) in [7, 11) is 1.53. The van der Waals surface area contributed by atoms with Crippen LogP contribution in [0, 0.1) is 34.5 Å². The zero-order chi connectivity index (χ0) is 25.5. The van der Waals surface area contributed by atoms with Gasteiger partial charge < -0.3 is 24.8 Å². The minimum atomic E-state index is -2.14. The quantitative estimate of drug-likeness (QED) is 0.447. The van der Waals surface area contributed by atoms with Gasteiger partial charge in [-0.2, -0.15) is 0 Å². The summed E-state index contributed by atoms with van der Waals surface area (Å²) in [5.74, 6) is -0.755. The number of ketones is 1. The number of carbonyl (C=O) groups excluding carboxylic acids is 2. The lowest BCUT2D eigenvalue weighted by Gasteiger charge is -2.48. The summed E-state index contributed by atoms with van der Waals surface area (Å²) in [6, 6.07) is 6.38. The number of allylic oxidation sites excluding steroid dienone is 1. The second-order valence-electron chi connectivity index (χ2n) is 11.4. The molecule has 0 aliphatic heterocycles. The van der Waals surface area contributed by atoms with Crippen molar-refractivity contribution < 1.29 is 34.4 Å². The number of hydrogen-bond donors (Lipinski definition) is 3. The van der Waals surface area contributed by atoms with Crippen LogP contribution in [0.15, 0.2) is 47.6 Å². The van der Waals surface area contributed by atoms with E-state index in [1.165, 1.54) is 7.11 Å². The molecule has 0 heterocycles. The van der Waals surface area contributed by atoms with Gasteiger partial charge in [0.1, 0.15) is 11.9 Å². The standard InChI is InChI=1S/C28H34O7/c1-14-12-27-15(2)10-20-21(26(20,3)4)19(23(27)31)11-17(13-29)22(30)28(27,33)24(14)35-25(32)16-6-8-18(34-5)9-7-16/h6-9,11-12,15,19-22,24,29-30,33H,10,13H2,1-5H3/t15-,19?,20?,21?,22?,24?,27?,28?/m1/s1. The van der Waals surface area contributed by atoms with Gasteiger partial charge >= 0.3 is 5.97 Å². The summed E-state index contributed by atoms with van der Waals surface area (Å²) in [5, 5.41) is 34.1. The van der Waals surface area contributed by atoms with Gasteiger partial charge in [0.15, 0.2) is 17.5 Å². The summed E-state index contributed by atoms with van der Waals surface area (Å²) in [6.45, 7) is 7.44. The fraction of sp³-hybridized carbons (Fsp3) is 0.571. The van der Waals surface area contributed by atoms with Crippen molar-refractivity contribution in [1.82, 2.24) is 0 Å². The van der Waals surface area contributed by atoms with E-state index in [1.54, 1.807) is 43.3 Å². The summed E-state index contributed by atoms with van der Waals surface area (Å²) in [6.07, 6.45) is 1.27. The number of esters is 1. The number of rotatable bonds is 4. The maximum absolute atomic E-state index is 14.3. The number of carbonyl (C=O) groups is 2. The molecule has 35 heavy (non-hydrogen) atoms. The van der Waals surface area contributed by atoms with E-state index >= 15 is 0 Å².